The number of aryl methyl sites for hydroxylation is 2. The molecule has 3 aliphatic rings. The maximum Gasteiger partial charge on any atom is 0.265 e. The zero-order chi connectivity index (χ0) is 24.4. The van der Waals surface area contributed by atoms with E-state index in [1.165, 1.54) is 15.4 Å². The van der Waals surface area contributed by atoms with Crippen molar-refractivity contribution in [1.82, 2.24) is 4.31 Å². The molecule has 1 amide bonds. The number of carbonyl (C=O) groups is 1. The van der Waals surface area contributed by atoms with Gasteiger partial charge in [0, 0.05) is 26.2 Å². The van der Waals surface area contributed by atoms with Crippen LogP contribution in [-0.2, 0) is 32.4 Å². The van der Waals surface area contributed by atoms with Crippen LogP contribution in [0.25, 0.3) is 0 Å². The molecule has 0 bridgehead atoms. The van der Waals surface area contributed by atoms with Crippen molar-refractivity contribution in [1.29, 1.82) is 0 Å². The number of carbonyl (C=O) groups excluding carboxylic acids is 1. The van der Waals surface area contributed by atoms with Crippen molar-refractivity contribution in [3.8, 4) is 5.75 Å². The van der Waals surface area contributed by atoms with Gasteiger partial charge in [-0.1, -0.05) is 6.07 Å². The Kier molecular flexibility index (Phi) is 7.00. The molecule has 2 aliphatic heterocycles. The summed E-state index contributed by atoms with van der Waals surface area (Å²) in [6.45, 7) is 4.87. The Labute approximate surface area is 207 Å². The molecule has 2 fully saturated rings. The van der Waals surface area contributed by atoms with Crippen molar-refractivity contribution in [3.05, 3.63) is 47.5 Å². The van der Waals surface area contributed by atoms with E-state index >= 15 is 0 Å². The number of hydrogen-bond acceptors (Lipinski definition) is 6. The summed E-state index contributed by atoms with van der Waals surface area (Å²) in [4.78, 5) is 15.5. The van der Waals surface area contributed by atoms with Crippen LogP contribution in [0.2, 0.25) is 0 Å². The van der Waals surface area contributed by atoms with Gasteiger partial charge in [-0.15, -0.1) is 0 Å². The van der Waals surface area contributed by atoms with Crippen LogP contribution in [0.4, 0.5) is 11.4 Å². The largest absolute Gasteiger partial charge is 0.481 e. The molecule has 2 saturated heterocycles. The van der Waals surface area contributed by atoms with Crippen LogP contribution in [0, 0.1) is 0 Å². The van der Waals surface area contributed by atoms with E-state index in [-0.39, 0.29) is 10.8 Å². The first-order chi connectivity index (χ1) is 16.9. The van der Waals surface area contributed by atoms with Gasteiger partial charge in [0.1, 0.15) is 5.75 Å². The molecule has 2 heterocycles. The van der Waals surface area contributed by atoms with E-state index < -0.39 is 16.1 Å². The number of nitrogens with one attached hydrogen (secondary N) is 1. The smallest absolute Gasteiger partial charge is 0.265 e. The van der Waals surface area contributed by atoms with Gasteiger partial charge in [0.2, 0.25) is 10.0 Å². The minimum atomic E-state index is -3.68. The molecular weight excluding hydrogens is 466 g/mol. The summed E-state index contributed by atoms with van der Waals surface area (Å²) in [6, 6.07) is 11.0. The maximum absolute atomic E-state index is 13.2. The van der Waals surface area contributed by atoms with Crippen molar-refractivity contribution in [2.75, 3.05) is 49.6 Å². The Bertz CT molecular complexity index is 1190. The van der Waals surface area contributed by atoms with Crippen molar-refractivity contribution in [2.24, 2.45) is 0 Å². The Morgan fingerprint density at radius 3 is 2.49 bits per heavy atom. The summed E-state index contributed by atoms with van der Waals surface area (Å²) >= 11 is 0. The van der Waals surface area contributed by atoms with Gasteiger partial charge < -0.3 is 19.7 Å². The first-order valence-electron chi connectivity index (χ1n) is 12.5. The zero-order valence-electron chi connectivity index (χ0n) is 20.2. The van der Waals surface area contributed by atoms with Crippen LogP contribution in [0.1, 0.15) is 37.3 Å². The molecule has 0 saturated carbocycles. The SMILES string of the molecule is CC(Oc1ccc2c(c1)CCC2)C(=O)Nc1cc(S(=O)(=O)N2CCOCC2)ccc1N1CCCC1. The number of amides is 1. The summed E-state index contributed by atoms with van der Waals surface area (Å²) in [5.74, 6) is 0.364. The molecule has 2 aromatic rings. The van der Waals surface area contributed by atoms with Crippen LogP contribution < -0.4 is 15.0 Å². The molecule has 188 valence electrons. The number of hydrogen-bond donors (Lipinski definition) is 1. The molecule has 9 heteroatoms. The van der Waals surface area contributed by atoms with Crippen molar-refractivity contribution < 1.29 is 22.7 Å². The zero-order valence-corrected chi connectivity index (χ0v) is 21.0. The quantitative estimate of drug-likeness (QED) is 0.630. The van der Waals surface area contributed by atoms with Gasteiger partial charge in [-0.2, -0.15) is 4.31 Å². The van der Waals surface area contributed by atoms with E-state index in [2.05, 4.69) is 16.3 Å². The van der Waals surface area contributed by atoms with Gasteiger partial charge in [0.05, 0.1) is 29.5 Å². The minimum absolute atomic E-state index is 0.171. The maximum atomic E-state index is 13.2. The molecule has 35 heavy (non-hydrogen) atoms. The number of sulfonamides is 1. The summed E-state index contributed by atoms with van der Waals surface area (Å²) in [6.07, 6.45) is 4.68. The average molecular weight is 500 g/mol. The molecule has 5 rings (SSSR count). The fourth-order valence-electron chi connectivity index (χ4n) is 5.06. The second-order valence-electron chi connectivity index (χ2n) is 9.42. The van der Waals surface area contributed by atoms with E-state index in [0.717, 1.165) is 50.9 Å². The molecule has 1 atom stereocenters. The standard InChI is InChI=1S/C26H33N3O5S/c1-19(34-22-8-7-20-5-4-6-21(20)17-22)26(30)27-24-18-23(9-10-25(24)28-11-2-3-12-28)35(31,32)29-13-15-33-16-14-29/h7-10,17-19H,2-6,11-16H2,1H3,(H,27,30). The third kappa shape index (κ3) is 5.17. The molecule has 0 spiro atoms. The van der Waals surface area contributed by atoms with E-state index in [1.54, 1.807) is 25.1 Å². The number of fused-ring (bicyclic) bond motifs is 1. The van der Waals surface area contributed by atoms with Gasteiger partial charge in [-0.05, 0) is 80.5 Å². The Balaban J connectivity index is 1.37. The topological polar surface area (TPSA) is 88.2 Å². The summed E-state index contributed by atoms with van der Waals surface area (Å²) in [7, 11) is -3.68. The number of morpholine rings is 1. The first-order valence-corrected chi connectivity index (χ1v) is 13.9. The number of nitrogens with zero attached hydrogens (tertiary/aromatic N) is 2. The van der Waals surface area contributed by atoms with E-state index in [0.29, 0.717) is 37.7 Å². The predicted octanol–water partition coefficient (Wildman–Crippen LogP) is 3.20. The normalized spacial score (nSPS) is 19.4. The highest BCUT2D eigenvalue weighted by atomic mass is 32.2. The molecule has 0 aromatic heterocycles. The lowest BCUT2D eigenvalue weighted by Gasteiger charge is -2.27. The molecule has 1 N–H and O–H groups in total. The van der Waals surface area contributed by atoms with Crippen LogP contribution in [0.3, 0.4) is 0 Å². The number of benzene rings is 2. The fourth-order valence-corrected chi connectivity index (χ4v) is 6.49. The fraction of sp³-hybridized carbons (Fsp3) is 0.500. The second kappa shape index (κ2) is 10.2. The molecule has 2 aromatic carbocycles. The highest BCUT2D eigenvalue weighted by Crippen LogP contribution is 2.33. The number of ether oxygens (including phenoxy) is 2. The lowest BCUT2D eigenvalue weighted by atomic mass is 10.1. The van der Waals surface area contributed by atoms with Gasteiger partial charge in [0.25, 0.3) is 5.91 Å². The highest BCUT2D eigenvalue weighted by molar-refractivity contribution is 7.89. The van der Waals surface area contributed by atoms with E-state index in [9.17, 15) is 13.2 Å². The molecule has 1 aliphatic carbocycles. The third-order valence-electron chi connectivity index (χ3n) is 7.03. The van der Waals surface area contributed by atoms with Crippen LogP contribution in [-0.4, -0.2) is 64.1 Å². The molecule has 0 radical (unpaired) electrons. The first kappa shape index (κ1) is 24.1. The summed E-state index contributed by atoms with van der Waals surface area (Å²) in [5.41, 5.74) is 3.97. The van der Waals surface area contributed by atoms with Gasteiger partial charge in [-0.3, -0.25) is 4.79 Å². The summed E-state index contributed by atoms with van der Waals surface area (Å²) in [5, 5.41) is 2.96. The van der Waals surface area contributed by atoms with Crippen molar-refractivity contribution >= 4 is 27.3 Å². The Morgan fingerprint density at radius 2 is 1.71 bits per heavy atom. The van der Waals surface area contributed by atoms with Gasteiger partial charge >= 0.3 is 0 Å². The van der Waals surface area contributed by atoms with E-state index in [1.807, 2.05) is 12.1 Å². The third-order valence-corrected chi connectivity index (χ3v) is 8.93. The number of anilines is 2. The van der Waals surface area contributed by atoms with Crippen molar-refractivity contribution in [2.45, 2.75) is 50.0 Å². The van der Waals surface area contributed by atoms with Crippen LogP contribution in [0.5, 0.6) is 5.75 Å². The lowest BCUT2D eigenvalue weighted by Crippen LogP contribution is -2.40. The summed E-state index contributed by atoms with van der Waals surface area (Å²) < 4.78 is 39.2. The average Bonchev–Trinajstić information content (AvgIpc) is 3.56. The molecule has 1 unspecified atom stereocenters. The highest BCUT2D eigenvalue weighted by Gasteiger charge is 2.29. The Hall–Kier alpha value is -2.62. The van der Waals surface area contributed by atoms with Crippen molar-refractivity contribution in [3.63, 3.8) is 0 Å². The predicted molar refractivity (Wildman–Crippen MR) is 135 cm³/mol. The molecular formula is C26H33N3O5S. The van der Waals surface area contributed by atoms with Gasteiger partial charge in [-0.25, -0.2) is 8.42 Å². The van der Waals surface area contributed by atoms with Crippen LogP contribution in [0.15, 0.2) is 41.3 Å². The van der Waals surface area contributed by atoms with Gasteiger partial charge in [0.15, 0.2) is 6.10 Å². The van der Waals surface area contributed by atoms with E-state index in [4.69, 9.17) is 9.47 Å². The monoisotopic (exact) mass is 499 g/mol. The minimum Gasteiger partial charge on any atom is -0.481 e. The second-order valence-corrected chi connectivity index (χ2v) is 11.4. The van der Waals surface area contributed by atoms with Crippen LogP contribution >= 0.6 is 0 Å². The number of rotatable bonds is 7. The Morgan fingerprint density at radius 1 is 0.971 bits per heavy atom. The molecule has 8 nitrogen and oxygen atoms in total. The lowest BCUT2D eigenvalue weighted by molar-refractivity contribution is -0.122.